The predicted molar refractivity (Wildman–Crippen MR) is 80.1 cm³/mol. The first-order valence-electron chi connectivity index (χ1n) is 5.49. The molecule has 18 heavy (non-hydrogen) atoms. The minimum Gasteiger partial charge on any atom is -0.367 e. The Morgan fingerprint density at radius 3 is 2.78 bits per heavy atom. The minimum atomic E-state index is -0.0856. The van der Waals surface area contributed by atoms with E-state index in [2.05, 4.69) is 15.9 Å². The van der Waals surface area contributed by atoms with E-state index < -0.39 is 0 Å². The highest BCUT2D eigenvalue weighted by Crippen LogP contribution is 2.28. The third kappa shape index (κ3) is 3.56. The van der Waals surface area contributed by atoms with Gasteiger partial charge in [-0.3, -0.25) is 0 Å². The monoisotopic (exact) mass is 345 g/mol. The van der Waals surface area contributed by atoms with Crippen LogP contribution in [0.25, 0.3) is 0 Å². The molecule has 0 fully saturated rings. The molecule has 2 rings (SSSR count). The molecule has 0 saturated carbocycles. The lowest BCUT2D eigenvalue weighted by atomic mass is 10.2. The summed E-state index contributed by atoms with van der Waals surface area (Å²) in [5, 5.41) is 2.75. The molecule has 1 aromatic carbocycles. The highest BCUT2D eigenvalue weighted by Gasteiger charge is 2.13. The summed E-state index contributed by atoms with van der Waals surface area (Å²) in [6.07, 6.45) is -0.0856. The normalized spacial score (nSPS) is 12.6. The van der Waals surface area contributed by atoms with Gasteiger partial charge >= 0.3 is 0 Å². The van der Waals surface area contributed by atoms with Gasteiger partial charge in [0.1, 0.15) is 6.10 Å². The Kier molecular flexibility index (Phi) is 5.21. The summed E-state index contributed by atoms with van der Waals surface area (Å²) in [5.74, 6) is 0. The van der Waals surface area contributed by atoms with Crippen LogP contribution in [0.3, 0.4) is 0 Å². The van der Waals surface area contributed by atoms with Gasteiger partial charge in [-0.2, -0.15) is 0 Å². The molecule has 1 aromatic heterocycles. The molecular weight excluding hydrogens is 334 g/mol. The van der Waals surface area contributed by atoms with Crippen molar-refractivity contribution in [3.63, 3.8) is 0 Å². The maximum atomic E-state index is 6.08. The maximum Gasteiger partial charge on any atom is 0.104 e. The maximum absolute atomic E-state index is 6.08. The number of hydrogen-bond donors (Lipinski definition) is 1. The van der Waals surface area contributed by atoms with Crippen molar-refractivity contribution >= 4 is 38.9 Å². The molecule has 0 aliphatic carbocycles. The second-order valence-corrected chi connectivity index (χ2v) is 6.06. The molecule has 2 aromatic rings. The van der Waals surface area contributed by atoms with Gasteiger partial charge in [-0.25, -0.2) is 0 Å². The molecule has 0 bridgehead atoms. The molecule has 0 radical (unpaired) electrons. The molecule has 1 heterocycles. The van der Waals surface area contributed by atoms with Gasteiger partial charge in [-0.05, 0) is 33.6 Å². The Bertz CT molecular complexity index is 517. The third-order valence-electron chi connectivity index (χ3n) is 2.52. The number of rotatable bonds is 5. The second-order valence-electron chi connectivity index (χ2n) is 3.79. The molecule has 0 aliphatic heterocycles. The Labute approximate surface area is 124 Å². The fourth-order valence-corrected chi connectivity index (χ4v) is 3.27. The third-order valence-corrected chi connectivity index (χ3v) is 4.67. The molecular formula is C13H13BrClNOS. The fraction of sp³-hybridized carbons (Fsp3) is 0.231. The van der Waals surface area contributed by atoms with Crippen molar-refractivity contribution in [3.8, 4) is 0 Å². The van der Waals surface area contributed by atoms with Gasteiger partial charge in [-0.1, -0.05) is 29.8 Å². The van der Waals surface area contributed by atoms with Crippen LogP contribution in [0.2, 0.25) is 5.02 Å². The summed E-state index contributed by atoms with van der Waals surface area (Å²) in [6.45, 7) is 0.925. The fourth-order valence-electron chi connectivity index (χ4n) is 1.57. The molecule has 2 nitrogen and oxygen atoms in total. The van der Waals surface area contributed by atoms with Crippen molar-refractivity contribution in [2.24, 2.45) is 5.73 Å². The van der Waals surface area contributed by atoms with Gasteiger partial charge in [0.2, 0.25) is 0 Å². The zero-order valence-electron chi connectivity index (χ0n) is 9.61. The van der Waals surface area contributed by atoms with E-state index in [1.807, 2.05) is 35.7 Å². The van der Waals surface area contributed by atoms with Crippen LogP contribution in [0.1, 0.15) is 16.5 Å². The summed E-state index contributed by atoms with van der Waals surface area (Å²) in [4.78, 5) is 1.12. The Balaban J connectivity index is 2.02. The van der Waals surface area contributed by atoms with Crippen molar-refractivity contribution in [1.82, 2.24) is 0 Å². The molecule has 96 valence electrons. The Morgan fingerprint density at radius 2 is 2.17 bits per heavy atom. The van der Waals surface area contributed by atoms with Crippen LogP contribution in [0.5, 0.6) is 0 Å². The van der Waals surface area contributed by atoms with Crippen molar-refractivity contribution in [2.45, 2.75) is 12.7 Å². The van der Waals surface area contributed by atoms with Gasteiger partial charge in [0, 0.05) is 26.3 Å². The van der Waals surface area contributed by atoms with E-state index in [9.17, 15) is 0 Å². The van der Waals surface area contributed by atoms with E-state index in [-0.39, 0.29) is 6.10 Å². The van der Waals surface area contributed by atoms with Crippen LogP contribution in [0, 0.1) is 0 Å². The topological polar surface area (TPSA) is 35.2 Å². The van der Waals surface area contributed by atoms with Crippen molar-refractivity contribution in [2.75, 3.05) is 6.54 Å². The lowest BCUT2D eigenvalue weighted by Gasteiger charge is -2.15. The quantitative estimate of drug-likeness (QED) is 0.872. The molecule has 0 saturated heterocycles. The highest BCUT2D eigenvalue weighted by atomic mass is 79.9. The second kappa shape index (κ2) is 6.68. The van der Waals surface area contributed by atoms with Crippen molar-refractivity contribution < 1.29 is 4.74 Å². The number of nitrogens with two attached hydrogens (primary N) is 1. The number of halogens is 2. The van der Waals surface area contributed by atoms with E-state index in [0.29, 0.717) is 13.2 Å². The van der Waals surface area contributed by atoms with E-state index in [4.69, 9.17) is 22.1 Å². The van der Waals surface area contributed by atoms with E-state index in [1.54, 1.807) is 11.3 Å². The molecule has 5 heteroatoms. The van der Waals surface area contributed by atoms with Gasteiger partial charge in [-0.15, -0.1) is 11.3 Å². The summed E-state index contributed by atoms with van der Waals surface area (Å²) in [5.41, 5.74) is 6.73. The van der Waals surface area contributed by atoms with E-state index >= 15 is 0 Å². The van der Waals surface area contributed by atoms with Crippen molar-refractivity contribution in [3.05, 3.63) is 55.6 Å². The highest BCUT2D eigenvalue weighted by molar-refractivity contribution is 9.10. The molecule has 2 N–H and O–H groups in total. The number of ether oxygens (including phenoxy) is 1. The first kappa shape index (κ1) is 14.0. The van der Waals surface area contributed by atoms with Gasteiger partial charge < -0.3 is 10.5 Å². The average Bonchev–Trinajstić information content (AvgIpc) is 2.79. The largest absolute Gasteiger partial charge is 0.367 e. The van der Waals surface area contributed by atoms with E-state index in [0.717, 1.165) is 19.9 Å². The first-order chi connectivity index (χ1) is 8.70. The lowest BCUT2D eigenvalue weighted by Crippen LogP contribution is -2.14. The minimum absolute atomic E-state index is 0.0856. The summed E-state index contributed by atoms with van der Waals surface area (Å²) < 4.78 is 6.90. The van der Waals surface area contributed by atoms with Gasteiger partial charge in [0.15, 0.2) is 0 Å². The summed E-state index contributed by atoms with van der Waals surface area (Å²) in [7, 11) is 0. The molecule has 1 atom stereocenters. The van der Waals surface area contributed by atoms with Crippen LogP contribution in [-0.2, 0) is 11.3 Å². The molecule has 0 aliphatic rings. The van der Waals surface area contributed by atoms with Crippen LogP contribution < -0.4 is 5.73 Å². The lowest BCUT2D eigenvalue weighted by molar-refractivity contribution is 0.0480. The van der Waals surface area contributed by atoms with Gasteiger partial charge in [0.25, 0.3) is 0 Å². The van der Waals surface area contributed by atoms with Crippen molar-refractivity contribution in [1.29, 1.82) is 0 Å². The Morgan fingerprint density at radius 1 is 1.39 bits per heavy atom. The molecule has 1 unspecified atom stereocenters. The van der Waals surface area contributed by atoms with Crippen LogP contribution in [0.15, 0.2) is 40.2 Å². The smallest absolute Gasteiger partial charge is 0.104 e. The number of benzene rings is 1. The zero-order valence-corrected chi connectivity index (χ0v) is 12.8. The Hall–Kier alpha value is -0.390. The zero-order chi connectivity index (χ0) is 13.0. The SMILES string of the molecule is NCC(OCc1ccccc1Cl)c1cc(Br)cs1. The van der Waals surface area contributed by atoms with Crippen LogP contribution in [0.4, 0.5) is 0 Å². The number of thiophene rings is 1. The van der Waals surface area contributed by atoms with Crippen LogP contribution in [-0.4, -0.2) is 6.54 Å². The standard InChI is InChI=1S/C13H13BrClNOS/c14-10-5-13(18-8-10)12(6-16)17-7-9-3-1-2-4-11(9)15/h1-5,8,12H,6-7,16H2. The predicted octanol–water partition coefficient (Wildman–Crippen LogP) is 4.38. The molecule has 0 spiro atoms. The first-order valence-corrected chi connectivity index (χ1v) is 7.54. The number of hydrogen-bond acceptors (Lipinski definition) is 3. The average molecular weight is 347 g/mol. The molecule has 0 amide bonds. The van der Waals surface area contributed by atoms with E-state index in [1.165, 1.54) is 0 Å². The van der Waals surface area contributed by atoms with Gasteiger partial charge in [0.05, 0.1) is 6.61 Å². The summed E-state index contributed by atoms with van der Waals surface area (Å²) in [6, 6.07) is 9.71. The summed E-state index contributed by atoms with van der Waals surface area (Å²) >= 11 is 11.2. The van der Waals surface area contributed by atoms with Crippen LogP contribution >= 0.6 is 38.9 Å².